The lowest BCUT2D eigenvalue weighted by Gasteiger charge is -2.05. The zero-order chi connectivity index (χ0) is 10.8. The molecule has 1 amide bonds. The van der Waals surface area contributed by atoms with Crippen molar-refractivity contribution in [1.29, 1.82) is 0 Å². The van der Waals surface area contributed by atoms with Crippen molar-refractivity contribution in [2.75, 3.05) is 5.32 Å². The van der Waals surface area contributed by atoms with E-state index in [2.05, 4.69) is 41.2 Å². The summed E-state index contributed by atoms with van der Waals surface area (Å²) in [5.74, 6) is 0.276. The summed E-state index contributed by atoms with van der Waals surface area (Å²) in [7, 11) is 0. The normalized spacial score (nSPS) is 12.7. The number of carbonyl (C=O) groups is 1. The van der Waals surface area contributed by atoms with Crippen LogP contribution >= 0.6 is 15.9 Å². The zero-order valence-corrected chi connectivity index (χ0v) is 9.45. The van der Waals surface area contributed by atoms with Gasteiger partial charge in [0, 0.05) is 0 Å². The number of hydrogen-bond donors (Lipinski definition) is 2. The van der Waals surface area contributed by atoms with Crippen LogP contribution in [0.1, 0.15) is 6.92 Å². The SMILES string of the molecule is CC(Br)C(=O)Nc1ncnc2nc[nH]c12. The van der Waals surface area contributed by atoms with E-state index in [4.69, 9.17) is 0 Å². The van der Waals surface area contributed by atoms with Gasteiger partial charge >= 0.3 is 0 Å². The molecular weight excluding hydrogens is 262 g/mol. The van der Waals surface area contributed by atoms with Gasteiger partial charge in [-0.25, -0.2) is 15.0 Å². The van der Waals surface area contributed by atoms with Gasteiger partial charge in [-0.05, 0) is 6.92 Å². The number of nitrogens with zero attached hydrogens (tertiary/aromatic N) is 3. The number of H-pyrrole nitrogens is 1. The van der Waals surface area contributed by atoms with Gasteiger partial charge in [0.15, 0.2) is 11.5 Å². The average molecular weight is 270 g/mol. The Labute approximate surface area is 93.7 Å². The maximum absolute atomic E-state index is 11.4. The van der Waals surface area contributed by atoms with Crippen molar-refractivity contribution < 1.29 is 4.79 Å². The molecule has 6 nitrogen and oxygen atoms in total. The molecular formula is C8H8BrN5O. The second-order valence-electron chi connectivity index (χ2n) is 2.93. The Morgan fingerprint density at radius 3 is 3.07 bits per heavy atom. The van der Waals surface area contributed by atoms with Crippen LogP contribution in [0.25, 0.3) is 11.2 Å². The molecule has 0 aromatic carbocycles. The Morgan fingerprint density at radius 2 is 2.33 bits per heavy atom. The Balaban J connectivity index is 2.35. The van der Waals surface area contributed by atoms with E-state index in [1.165, 1.54) is 12.7 Å². The van der Waals surface area contributed by atoms with E-state index in [-0.39, 0.29) is 10.7 Å². The number of amides is 1. The standard InChI is InChI=1S/C8H8BrN5O/c1-4(9)8(15)14-7-5-6(11-2-10-5)12-3-13-7/h2-4H,1H3,(H2,10,11,12,13,14,15). The zero-order valence-electron chi connectivity index (χ0n) is 7.86. The third kappa shape index (κ3) is 1.96. The second-order valence-corrected chi connectivity index (χ2v) is 4.30. The molecule has 2 rings (SSSR count). The predicted molar refractivity (Wildman–Crippen MR) is 58.7 cm³/mol. The molecule has 0 saturated carbocycles. The molecule has 0 bridgehead atoms. The van der Waals surface area contributed by atoms with E-state index in [1.807, 2.05) is 0 Å². The Hall–Kier alpha value is -1.50. The first-order valence-corrected chi connectivity index (χ1v) is 5.19. The van der Waals surface area contributed by atoms with E-state index in [0.717, 1.165) is 0 Å². The topological polar surface area (TPSA) is 83.6 Å². The van der Waals surface area contributed by atoms with E-state index >= 15 is 0 Å². The summed E-state index contributed by atoms with van der Waals surface area (Å²) in [5.41, 5.74) is 1.15. The molecule has 2 aromatic heterocycles. The largest absolute Gasteiger partial charge is 0.340 e. The van der Waals surface area contributed by atoms with Gasteiger partial charge in [-0.3, -0.25) is 4.79 Å². The van der Waals surface area contributed by atoms with Crippen molar-refractivity contribution in [2.24, 2.45) is 0 Å². The van der Waals surface area contributed by atoms with Gasteiger partial charge in [-0.15, -0.1) is 0 Å². The lowest BCUT2D eigenvalue weighted by Crippen LogP contribution is -2.20. The lowest BCUT2D eigenvalue weighted by molar-refractivity contribution is -0.115. The van der Waals surface area contributed by atoms with Gasteiger partial charge < -0.3 is 10.3 Å². The third-order valence-electron chi connectivity index (χ3n) is 1.83. The second kappa shape index (κ2) is 3.93. The van der Waals surface area contributed by atoms with Crippen LogP contribution in [0.15, 0.2) is 12.7 Å². The van der Waals surface area contributed by atoms with E-state index < -0.39 is 0 Å². The smallest absolute Gasteiger partial charge is 0.239 e. The summed E-state index contributed by atoms with van der Waals surface area (Å²) in [4.78, 5) is 25.9. The van der Waals surface area contributed by atoms with Crippen molar-refractivity contribution >= 4 is 38.8 Å². The Kier molecular flexibility index (Phi) is 2.63. The van der Waals surface area contributed by atoms with Gasteiger partial charge in [0.05, 0.1) is 11.2 Å². The molecule has 15 heavy (non-hydrogen) atoms. The first kappa shape index (κ1) is 10.0. The molecule has 0 fully saturated rings. The van der Waals surface area contributed by atoms with Crippen molar-refractivity contribution in [3.8, 4) is 0 Å². The quantitative estimate of drug-likeness (QED) is 0.799. The summed E-state index contributed by atoms with van der Waals surface area (Å²) in [6.07, 6.45) is 2.87. The van der Waals surface area contributed by atoms with Gasteiger partial charge in [-0.1, -0.05) is 15.9 Å². The molecule has 0 spiro atoms. The van der Waals surface area contributed by atoms with Gasteiger partial charge in [0.2, 0.25) is 5.91 Å². The highest BCUT2D eigenvalue weighted by Gasteiger charge is 2.12. The molecule has 2 N–H and O–H groups in total. The minimum Gasteiger partial charge on any atom is -0.340 e. The van der Waals surface area contributed by atoms with E-state index in [9.17, 15) is 4.79 Å². The van der Waals surface area contributed by atoms with Gasteiger partial charge in [0.25, 0.3) is 0 Å². The number of hydrogen-bond acceptors (Lipinski definition) is 4. The number of imidazole rings is 1. The summed E-state index contributed by atoms with van der Waals surface area (Å²) in [5, 5.41) is 2.66. The molecule has 1 atom stereocenters. The van der Waals surface area contributed by atoms with Crippen molar-refractivity contribution in [3.63, 3.8) is 0 Å². The van der Waals surface area contributed by atoms with Crippen LogP contribution in [-0.2, 0) is 4.79 Å². The Bertz CT molecular complexity index is 494. The van der Waals surface area contributed by atoms with Crippen LogP contribution in [0.5, 0.6) is 0 Å². The van der Waals surface area contributed by atoms with E-state index in [0.29, 0.717) is 17.0 Å². The molecule has 78 valence electrons. The maximum atomic E-state index is 11.4. The fourth-order valence-corrected chi connectivity index (χ4v) is 1.19. The van der Waals surface area contributed by atoms with Gasteiger partial charge in [0.1, 0.15) is 11.8 Å². The number of aromatic amines is 1. The van der Waals surface area contributed by atoms with Crippen LogP contribution in [0.3, 0.4) is 0 Å². The van der Waals surface area contributed by atoms with Crippen LogP contribution in [0, 0.1) is 0 Å². The number of halogens is 1. The maximum Gasteiger partial charge on any atom is 0.239 e. The highest BCUT2D eigenvalue weighted by molar-refractivity contribution is 9.10. The van der Waals surface area contributed by atoms with Crippen LogP contribution in [-0.4, -0.2) is 30.7 Å². The molecule has 2 aromatic rings. The number of alkyl halides is 1. The number of fused-ring (bicyclic) bond motifs is 1. The van der Waals surface area contributed by atoms with Crippen LogP contribution in [0.2, 0.25) is 0 Å². The van der Waals surface area contributed by atoms with Crippen molar-refractivity contribution in [1.82, 2.24) is 19.9 Å². The molecule has 0 aliphatic rings. The molecule has 0 radical (unpaired) electrons. The molecule has 0 saturated heterocycles. The van der Waals surface area contributed by atoms with Crippen molar-refractivity contribution in [3.05, 3.63) is 12.7 Å². The molecule has 0 aliphatic heterocycles. The van der Waals surface area contributed by atoms with Gasteiger partial charge in [-0.2, -0.15) is 0 Å². The first-order valence-electron chi connectivity index (χ1n) is 4.27. The molecule has 0 aliphatic carbocycles. The summed E-state index contributed by atoms with van der Waals surface area (Å²) >= 11 is 3.17. The van der Waals surface area contributed by atoms with E-state index in [1.54, 1.807) is 6.92 Å². The fourth-order valence-electron chi connectivity index (χ4n) is 1.08. The number of rotatable bonds is 2. The number of anilines is 1. The predicted octanol–water partition coefficient (Wildman–Crippen LogP) is 1.07. The average Bonchev–Trinajstić information content (AvgIpc) is 2.66. The number of carbonyl (C=O) groups excluding carboxylic acids is 1. The minimum absolute atomic E-state index is 0.162. The summed E-state index contributed by atoms with van der Waals surface area (Å²) in [6, 6.07) is 0. The molecule has 7 heteroatoms. The summed E-state index contributed by atoms with van der Waals surface area (Å²) < 4.78 is 0. The first-order chi connectivity index (χ1) is 7.18. The van der Waals surface area contributed by atoms with Crippen LogP contribution < -0.4 is 5.32 Å². The monoisotopic (exact) mass is 269 g/mol. The highest BCUT2D eigenvalue weighted by atomic mass is 79.9. The van der Waals surface area contributed by atoms with Crippen molar-refractivity contribution in [2.45, 2.75) is 11.8 Å². The number of aromatic nitrogens is 4. The Morgan fingerprint density at radius 1 is 1.53 bits per heavy atom. The highest BCUT2D eigenvalue weighted by Crippen LogP contribution is 2.15. The number of nitrogens with one attached hydrogen (secondary N) is 2. The molecule has 1 unspecified atom stereocenters. The fraction of sp³-hybridized carbons (Fsp3) is 0.250. The third-order valence-corrected chi connectivity index (χ3v) is 2.24. The van der Waals surface area contributed by atoms with Crippen LogP contribution in [0.4, 0.5) is 5.82 Å². The molecule has 2 heterocycles. The lowest BCUT2D eigenvalue weighted by atomic mass is 10.4. The summed E-state index contributed by atoms with van der Waals surface area (Å²) in [6.45, 7) is 1.74. The minimum atomic E-state index is -0.273.